The van der Waals surface area contributed by atoms with Gasteiger partial charge in [-0.2, -0.15) is 0 Å². The third-order valence-corrected chi connectivity index (χ3v) is 1.05. The van der Waals surface area contributed by atoms with Gasteiger partial charge in [-0.15, -0.1) is 0 Å². The number of hydrogen-bond donors (Lipinski definition) is 0. The molecule has 0 saturated heterocycles. The smallest absolute Gasteiger partial charge is 0.0323 e. The van der Waals surface area contributed by atoms with Gasteiger partial charge in [-0.1, -0.05) is 45.1 Å². The Bertz CT molecular complexity index is 88.2. The topological polar surface area (TPSA) is 0 Å². The van der Waals surface area contributed by atoms with Gasteiger partial charge in [-0.05, 0) is 13.3 Å². The number of hydrogen-bond acceptors (Lipinski definition) is 0. The van der Waals surface area contributed by atoms with E-state index >= 15 is 0 Å². The molecule has 0 bridgehead atoms. The molecule has 0 aromatic heterocycles. The molecule has 0 aliphatic rings. The number of allylic oxidation sites excluding steroid dienone is 3. The van der Waals surface area contributed by atoms with Crippen LogP contribution in [0.4, 0.5) is 0 Å². The lowest BCUT2D eigenvalue weighted by Crippen LogP contribution is -1.71. The minimum Gasteiger partial charge on any atom is -0.0991 e. The highest BCUT2D eigenvalue weighted by Gasteiger charge is 1.80. The zero-order valence-electron chi connectivity index (χ0n) is 5.78. The fourth-order valence-electron chi connectivity index (χ4n) is 0.679. The Morgan fingerprint density at radius 3 is 2.44 bits per heavy atom. The predicted molar refractivity (Wildman–Crippen MR) is 45.6 cm³/mol. The van der Waals surface area contributed by atoms with Crippen LogP contribution in [0.5, 0.6) is 0 Å². The lowest BCUT2D eigenvalue weighted by atomic mass is 10.2. The molecule has 0 radical (unpaired) electrons. The highest BCUT2D eigenvalue weighted by molar-refractivity contribution is 5.07. The molecule has 0 heterocycles. The zero-order valence-corrected chi connectivity index (χ0v) is 5.78. The van der Waals surface area contributed by atoms with Crippen LogP contribution in [-0.2, 0) is 0 Å². The highest BCUT2D eigenvalue weighted by atomic mass is 13.9. The van der Waals surface area contributed by atoms with Gasteiger partial charge in [0.2, 0.25) is 0 Å². The van der Waals surface area contributed by atoms with E-state index in [1.54, 1.807) is 0 Å². The zero-order chi connectivity index (χ0) is 6.41. The maximum Gasteiger partial charge on any atom is -0.0323 e. The molecule has 0 aromatic carbocycles. The molecule has 0 nitrogen and oxygen atoms in total. The summed E-state index contributed by atoms with van der Waals surface area (Å²) in [5.74, 6) is 0. The fourth-order valence-corrected chi connectivity index (χ4v) is 0.679. The summed E-state index contributed by atoms with van der Waals surface area (Å²) in [5, 5.41) is 0. The molecule has 0 fully saturated rings. The van der Waals surface area contributed by atoms with Gasteiger partial charge < -0.3 is 0 Å². The minimum atomic E-state index is 0. The quantitative estimate of drug-likeness (QED) is 0.507. The second kappa shape index (κ2) is 7.48. The molecule has 0 aliphatic heterocycles. The van der Waals surface area contributed by atoms with Gasteiger partial charge in [0, 0.05) is 0 Å². The van der Waals surface area contributed by atoms with Crippen LogP contribution in [0, 0.1) is 0 Å². The van der Waals surface area contributed by atoms with Crippen molar-refractivity contribution in [3.8, 4) is 0 Å². The molecular formula is C9H18. The first-order chi connectivity index (χ1) is 3.81. The Balaban J connectivity index is 0. The SMILES string of the molecule is C.C=C/C=C(/C)CCC. The van der Waals surface area contributed by atoms with Crippen LogP contribution >= 0.6 is 0 Å². The maximum atomic E-state index is 3.61. The monoisotopic (exact) mass is 126 g/mol. The second-order valence-electron chi connectivity index (χ2n) is 2.00. The Morgan fingerprint density at radius 1 is 1.56 bits per heavy atom. The van der Waals surface area contributed by atoms with E-state index in [0.29, 0.717) is 0 Å². The maximum absolute atomic E-state index is 3.61. The summed E-state index contributed by atoms with van der Waals surface area (Å²) in [6, 6.07) is 0. The molecule has 0 unspecified atom stereocenters. The first-order valence-corrected chi connectivity index (χ1v) is 3.09. The van der Waals surface area contributed by atoms with Gasteiger partial charge in [0.1, 0.15) is 0 Å². The largest absolute Gasteiger partial charge is 0.0991 e. The van der Waals surface area contributed by atoms with E-state index in [0.717, 1.165) is 0 Å². The standard InChI is InChI=1S/C8H14.CH4/c1-4-6-8(3)7-5-2;/h4,6H,1,5,7H2,2-3H3;1H4/b8-6-;. The van der Waals surface area contributed by atoms with E-state index in [1.165, 1.54) is 18.4 Å². The van der Waals surface area contributed by atoms with E-state index in [-0.39, 0.29) is 7.43 Å². The van der Waals surface area contributed by atoms with Crippen molar-refractivity contribution in [3.63, 3.8) is 0 Å². The van der Waals surface area contributed by atoms with E-state index in [1.807, 2.05) is 6.08 Å². The van der Waals surface area contributed by atoms with Crippen LogP contribution in [0.1, 0.15) is 34.1 Å². The predicted octanol–water partition coefficient (Wildman–Crippen LogP) is 3.55. The van der Waals surface area contributed by atoms with Crippen LogP contribution in [0.15, 0.2) is 24.3 Å². The van der Waals surface area contributed by atoms with Gasteiger partial charge in [0.25, 0.3) is 0 Å². The van der Waals surface area contributed by atoms with Crippen molar-refractivity contribution >= 4 is 0 Å². The van der Waals surface area contributed by atoms with Gasteiger partial charge in [-0.25, -0.2) is 0 Å². The third kappa shape index (κ3) is 7.48. The summed E-state index contributed by atoms with van der Waals surface area (Å²) in [6.45, 7) is 7.92. The molecule has 0 atom stereocenters. The summed E-state index contributed by atoms with van der Waals surface area (Å²) in [4.78, 5) is 0. The van der Waals surface area contributed by atoms with Crippen molar-refractivity contribution in [2.75, 3.05) is 0 Å². The highest BCUT2D eigenvalue weighted by Crippen LogP contribution is 2.01. The molecule has 54 valence electrons. The molecule has 0 rings (SSSR count). The lowest BCUT2D eigenvalue weighted by Gasteiger charge is -1.91. The van der Waals surface area contributed by atoms with E-state index in [2.05, 4.69) is 26.5 Å². The van der Waals surface area contributed by atoms with Crippen LogP contribution in [0.25, 0.3) is 0 Å². The molecule has 0 saturated carbocycles. The molecular weight excluding hydrogens is 108 g/mol. The molecule has 0 N–H and O–H groups in total. The van der Waals surface area contributed by atoms with Crippen LogP contribution in [0.3, 0.4) is 0 Å². The Morgan fingerprint density at radius 2 is 2.11 bits per heavy atom. The second-order valence-corrected chi connectivity index (χ2v) is 2.00. The third-order valence-electron chi connectivity index (χ3n) is 1.05. The summed E-state index contributed by atoms with van der Waals surface area (Å²) in [6.07, 6.45) is 6.33. The first-order valence-electron chi connectivity index (χ1n) is 3.09. The molecule has 0 spiro atoms. The summed E-state index contributed by atoms with van der Waals surface area (Å²) in [5.41, 5.74) is 1.42. The van der Waals surface area contributed by atoms with E-state index in [9.17, 15) is 0 Å². The van der Waals surface area contributed by atoms with Crippen molar-refractivity contribution in [3.05, 3.63) is 24.3 Å². The van der Waals surface area contributed by atoms with Crippen molar-refractivity contribution < 1.29 is 0 Å². The van der Waals surface area contributed by atoms with Crippen LogP contribution in [-0.4, -0.2) is 0 Å². The van der Waals surface area contributed by atoms with Crippen molar-refractivity contribution in [2.45, 2.75) is 34.1 Å². The van der Waals surface area contributed by atoms with Crippen molar-refractivity contribution in [1.29, 1.82) is 0 Å². The average Bonchev–Trinajstić information content (AvgIpc) is 1.68. The van der Waals surface area contributed by atoms with Gasteiger partial charge >= 0.3 is 0 Å². The molecule has 0 aromatic rings. The molecule has 0 aliphatic carbocycles. The molecule has 0 heteroatoms. The first kappa shape index (κ1) is 11.3. The van der Waals surface area contributed by atoms with Crippen molar-refractivity contribution in [1.82, 2.24) is 0 Å². The van der Waals surface area contributed by atoms with Crippen LogP contribution < -0.4 is 0 Å². The average molecular weight is 126 g/mol. The van der Waals surface area contributed by atoms with Crippen LogP contribution in [0.2, 0.25) is 0 Å². The summed E-state index contributed by atoms with van der Waals surface area (Å²) >= 11 is 0. The van der Waals surface area contributed by atoms with E-state index in [4.69, 9.17) is 0 Å². The Labute approximate surface area is 59.3 Å². The minimum absolute atomic E-state index is 0. The lowest BCUT2D eigenvalue weighted by molar-refractivity contribution is 0.906. The van der Waals surface area contributed by atoms with E-state index < -0.39 is 0 Å². The van der Waals surface area contributed by atoms with Gasteiger partial charge in [-0.3, -0.25) is 0 Å². The normalized spacial score (nSPS) is 10.2. The summed E-state index contributed by atoms with van der Waals surface area (Å²) in [7, 11) is 0. The van der Waals surface area contributed by atoms with Gasteiger partial charge in [0.15, 0.2) is 0 Å². The number of rotatable bonds is 3. The Kier molecular flexibility index (Phi) is 9.39. The fraction of sp³-hybridized carbons (Fsp3) is 0.556. The Hall–Kier alpha value is -0.520. The van der Waals surface area contributed by atoms with Gasteiger partial charge in [0.05, 0.1) is 0 Å². The molecule has 9 heavy (non-hydrogen) atoms. The molecule has 0 amide bonds. The van der Waals surface area contributed by atoms with Crippen molar-refractivity contribution in [2.24, 2.45) is 0 Å². The summed E-state index contributed by atoms with van der Waals surface area (Å²) < 4.78 is 0.